The highest BCUT2D eigenvalue weighted by molar-refractivity contribution is 5.69. The Morgan fingerprint density at radius 3 is 2.68 bits per heavy atom. The molecule has 4 nitrogen and oxygen atoms in total. The number of benzene rings is 1. The Morgan fingerprint density at radius 2 is 2.11 bits per heavy atom. The van der Waals surface area contributed by atoms with Crippen LogP contribution in [-0.4, -0.2) is 26.2 Å². The second-order valence-electron chi connectivity index (χ2n) is 4.71. The first-order valence-corrected chi connectivity index (χ1v) is 6.07. The van der Waals surface area contributed by atoms with Gasteiger partial charge in [-0.2, -0.15) is 0 Å². The van der Waals surface area contributed by atoms with Crippen LogP contribution in [0.25, 0.3) is 0 Å². The zero-order valence-corrected chi connectivity index (χ0v) is 10.7. The fraction of sp³-hybridized carbons (Fsp3) is 0.462. The van der Waals surface area contributed by atoms with Gasteiger partial charge in [0.15, 0.2) is 11.6 Å². The minimum atomic E-state index is -0.670. The second-order valence-corrected chi connectivity index (χ2v) is 4.71. The van der Waals surface area contributed by atoms with Gasteiger partial charge in [-0.3, -0.25) is 4.79 Å². The molecule has 0 unspecified atom stereocenters. The van der Waals surface area contributed by atoms with Gasteiger partial charge >= 0.3 is 5.97 Å². The maximum absolute atomic E-state index is 13.8. The number of hydrogen-bond acceptors (Lipinski definition) is 4. The topological polar surface area (TPSA) is 55.6 Å². The normalized spacial score (nSPS) is 18.7. The molecule has 0 saturated carbocycles. The summed E-state index contributed by atoms with van der Waals surface area (Å²) in [5.41, 5.74) is 5.37. The molecule has 104 valence electrons. The lowest BCUT2D eigenvalue weighted by molar-refractivity contribution is -0.141. The third-order valence-electron chi connectivity index (χ3n) is 3.32. The average Bonchev–Trinajstić information content (AvgIpc) is 2.75. The zero-order chi connectivity index (χ0) is 14.0. The first-order valence-electron chi connectivity index (χ1n) is 6.07. The van der Waals surface area contributed by atoms with Crippen molar-refractivity contribution in [2.75, 3.05) is 30.8 Å². The fourth-order valence-electron chi connectivity index (χ4n) is 2.41. The van der Waals surface area contributed by atoms with E-state index in [0.717, 1.165) is 12.1 Å². The molecule has 0 radical (unpaired) electrons. The number of esters is 1. The molecule has 0 amide bonds. The number of nitrogens with two attached hydrogens (primary N) is 1. The van der Waals surface area contributed by atoms with E-state index in [9.17, 15) is 13.6 Å². The molecule has 0 spiro atoms. The Labute approximate surface area is 110 Å². The highest BCUT2D eigenvalue weighted by Gasteiger charge is 2.28. The monoisotopic (exact) mass is 270 g/mol. The van der Waals surface area contributed by atoms with E-state index in [1.54, 1.807) is 4.90 Å². The first-order chi connectivity index (χ1) is 9.01. The van der Waals surface area contributed by atoms with Gasteiger partial charge in [-0.1, -0.05) is 0 Å². The van der Waals surface area contributed by atoms with Gasteiger partial charge in [0.05, 0.1) is 13.5 Å². The fourth-order valence-corrected chi connectivity index (χ4v) is 2.41. The average molecular weight is 270 g/mol. The number of carbonyl (C=O) groups excluding carboxylic acids is 1. The molecule has 0 aliphatic carbocycles. The van der Waals surface area contributed by atoms with Gasteiger partial charge in [-0.25, -0.2) is 8.78 Å². The van der Waals surface area contributed by atoms with E-state index in [0.29, 0.717) is 19.5 Å². The molecule has 2 rings (SSSR count). The van der Waals surface area contributed by atoms with E-state index in [1.165, 1.54) is 7.11 Å². The van der Waals surface area contributed by atoms with Crippen LogP contribution in [0, 0.1) is 17.6 Å². The summed E-state index contributed by atoms with van der Waals surface area (Å²) in [7, 11) is 1.33. The molecular weight excluding hydrogens is 254 g/mol. The van der Waals surface area contributed by atoms with Crippen molar-refractivity contribution >= 4 is 17.3 Å². The summed E-state index contributed by atoms with van der Waals surface area (Å²) in [6.07, 6.45) is 0.976. The quantitative estimate of drug-likeness (QED) is 0.673. The van der Waals surface area contributed by atoms with E-state index in [-0.39, 0.29) is 29.7 Å². The molecule has 1 aromatic carbocycles. The summed E-state index contributed by atoms with van der Waals surface area (Å²) in [6, 6.07) is 2.21. The van der Waals surface area contributed by atoms with Gasteiger partial charge in [0, 0.05) is 18.8 Å². The van der Waals surface area contributed by atoms with Gasteiger partial charge in [0.1, 0.15) is 5.69 Å². The summed E-state index contributed by atoms with van der Waals surface area (Å²) in [6.45, 7) is 0.951. The first kappa shape index (κ1) is 13.6. The van der Waals surface area contributed by atoms with Gasteiger partial charge in [-0.05, 0) is 24.5 Å². The maximum atomic E-state index is 13.8. The van der Waals surface area contributed by atoms with Gasteiger partial charge in [-0.15, -0.1) is 0 Å². The van der Waals surface area contributed by atoms with Crippen LogP contribution in [-0.2, 0) is 9.53 Å². The molecule has 19 heavy (non-hydrogen) atoms. The molecule has 1 aliphatic rings. The standard InChI is InChI=1S/C13H16F2N2O2/c1-19-12(18)4-8-2-3-17(7-8)13-10(14)5-9(16)6-11(13)15/h5-6,8H,2-4,7,16H2,1H3/t8-/m1/s1. The number of methoxy groups -OCH3 is 1. The van der Waals surface area contributed by atoms with Crippen LogP contribution in [0.1, 0.15) is 12.8 Å². The SMILES string of the molecule is COC(=O)C[C@H]1CCN(c2c(F)cc(N)cc2F)C1. The maximum Gasteiger partial charge on any atom is 0.305 e. The summed E-state index contributed by atoms with van der Waals surface area (Å²) in [4.78, 5) is 12.8. The number of halogens is 2. The third kappa shape index (κ3) is 2.94. The molecule has 1 fully saturated rings. The molecule has 1 saturated heterocycles. The van der Waals surface area contributed by atoms with Crippen LogP contribution >= 0.6 is 0 Å². The van der Waals surface area contributed by atoms with Crippen LogP contribution in [0.2, 0.25) is 0 Å². The molecule has 0 bridgehead atoms. The van der Waals surface area contributed by atoms with E-state index >= 15 is 0 Å². The van der Waals surface area contributed by atoms with Crippen molar-refractivity contribution in [2.45, 2.75) is 12.8 Å². The van der Waals surface area contributed by atoms with Crippen LogP contribution in [0.4, 0.5) is 20.2 Å². The Balaban J connectivity index is 2.11. The number of anilines is 2. The lowest BCUT2D eigenvalue weighted by atomic mass is 10.1. The molecule has 1 heterocycles. The summed E-state index contributed by atoms with van der Waals surface area (Å²) >= 11 is 0. The summed E-state index contributed by atoms with van der Waals surface area (Å²) < 4.78 is 32.1. The largest absolute Gasteiger partial charge is 0.469 e. The van der Waals surface area contributed by atoms with E-state index < -0.39 is 11.6 Å². The van der Waals surface area contributed by atoms with E-state index in [4.69, 9.17) is 5.73 Å². The molecule has 1 atom stereocenters. The lowest BCUT2D eigenvalue weighted by Gasteiger charge is -2.20. The van der Waals surface area contributed by atoms with Crippen molar-refractivity contribution in [2.24, 2.45) is 5.92 Å². The second kappa shape index (κ2) is 5.42. The number of carbonyl (C=O) groups is 1. The van der Waals surface area contributed by atoms with Crippen LogP contribution in [0.3, 0.4) is 0 Å². The van der Waals surface area contributed by atoms with Crippen molar-refractivity contribution in [3.05, 3.63) is 23.8 Å². The predicted molar refractivity (Wildman–Crippen MR) is 67.7 cm³/mol. The Morgan fingerprint density at radius 1 is 1.47 bits per heavy atom. The number of hydrogen-bond donors (Lipinski definition) is 1. The lowest BCUT2D eigenvalue weighted by Crippen LogP contribution is -2.23. The number of rotatable bonds is 3. The van der Waals surface area contributed by atoms with E-state index in [2.05, 4.69) is 4.74 Å². The van der Waals surface area contributed by atoms with Crippen LogP contribution in [0.15, 0.2) is 12.1 Å². The number of ether oxygens (including phenoxy) is 1. The Hall–Kier alpha value is -1.85. The summed E-state index contributed by atoms with van der Waals surface area (Å²) in [5.74, 6) is -1.58. The number of nitrogen functional groups attached to an aromatic ring is 1. The molecule has 0 aromatic heterocycles. The highest BCUT2D eigenvalue weighted by atomic mass is 19.1. The Bertz CT molecular complexity index is 471. The van der Waals surface area contributed by atoms with Gasteiger partial charge < -0.3 is 15.4 Å². The molecule has 2 N–H and O–H groups in total. The minimum Gasteiger partial charge on any atom is -0.469 e. The van der Waals surface area contributed by atoms with Gasteiger partial charge in [0.25, 0.3) is 0 Å². The molecule has 1 aliphatic heterocycles. The van der Waals surface area contributed by atoms with Crippen molar-refractivity contribution in [3.8, 4) is 0 Å². The van der Waals surface area contributed by atoms with Crippen LogP contribution < -0.4 is 10.6 Å². The smallest absolute Gasteiger partial charge is 0.305 e. The van der Waals surface area contributed by atoms with Gasteiger partial charge in [0.2, 0.25) is 0 Å². The van der Waals surface area contributed by atoms with Crippen molar-refractivity contribution in [1.82, 2.24) is 0 Å². The van der Waals surface area contributed by atoms with Crippen molar-refractivity contribution < 1.29 is 18.3 Å². The molecule has 1 aromatic rings. The molecular formula is C13H16F2N2O2. The number of nitrogens with zero attached hydrogens (tertiary/aromatic N) is 1. The van der Waals surface area contributed by atoms with Crippen molar-refractivity contribution in [1.29, 1.82) is 0 Å². The van der Waals surface area contributed by atoms with Crippen molar-refractivity contribution in [3.63, 3.8) is 0 Å². The zero-order valence-electron chi connectivity index (χ0n) is 10.7. The Kier molecular flexibility index (Phi) is 3.87. The minimum absolute atomic E-state index is 0.0591. The predicted octanol–water partition coefficient (Wildman–Crippen LogP) is 1.94. The highest BCUT2D eigenvalue weighted by Crippen LogP contribution is 2.31. The van der Waals surface area contributed by atoms with E-state index in [1.807, 2.05) is 0 Å². The third-order valence-corrected chi connectivity index (χ3v) is 3.32. The molecule has 6 heteroatoms. The summed E-state index contributed by atoms with van der Waals surface area (Å²) in [5, 5.41) is 0. The van der Waals surface area contributed by atoms with Crippen LogP contribution in [0.5, 0.6) is 0 Å².